The van der Waals surface area contributed by atoms with Crippen LogP contribution in [-0.4, -0.2) is 83.0 Å². The van der Waals surface area contributed by atoms with Crippen molar-refractivity contribution in [2.75, 3.05) is 13.7 Å². The fourth-order valence-corrected chi connectivity index (χ4v) is 10.9. The van der Waals surface area contributed by atoms with Crippen LogP contribution in [0.1, 0.15) is 125 Å². The monoisotopic (exact) mass is 892 g/mol. The maximum absolute atomic E-state index is 15.2. The predicted octanol–water partition coefficient (Wildman–Crippen LogP) is 8.33. The summed E-state index contributed by atoms with van der Waals surface area (Å²) in [7, 11) is -2.40. The van der Waals surface area contributed by atoms with Gasteiger partial charge in [-0.25, -0.2) is 18.4 Å². The molecule has 62 heavy (non-hydrogen) atoms. The number of carbonyl (C=O) groups excluding carboxylic acids is 4. The second-order valence-corrected chi connectivity index (χ2v) is 23.8. The highest BCUT2D eigenvalue weighted by molar-refractivity contribution is 7.91. The molecule has 3 heterocycles. The number of Topliss-reactive ketones (excluding diaryl/α,β-unsaturated/α-hetero) is 1. The molecule has 0 spiro atoms. The highest BCUT2D eigenvalue weighted by atomic mass is 32.2. The van der Waals surface area contributed by atoms with Crippen LogP contribution in [-0.2, 0) is 33.9 Å². The molecule has 0 bridgehead atoms. The van der Waals surface area contributed by atoms with Crippen molar-refractivity contribution in [3.8, 4) is 22.2 Å². The van der Waals surface area contributed by atoms with Gasteiger partial charge in [-0.3, -0.25) is 23.9 Å². The second kappa shape index (κ2) is 16.3. The Labute approximate surface area is 370 Å². The van der Waals surface area contributed by atoms with Crippen molar-refractivity contribution in [1.82, 2.24) is 19.6 Å². The molecule has 15 heteroatoms. The normalized spacial score (nSPS) is 23.5. The topological polar surface area (TPSA) is 171 Å². The number of nitrogens with one attached hydrogen (secondary N) is 1. The number of aromatic nitrogens is 2. The third kappa shape index (κ3) is 9.03. The number of esters is 1. The lowest BCUT2D eigenvalue weighted by Crippen LogP contribution is -2.52. The van der Waals surface area contributed by atoms with Gasteiger partial charge in [-0.2, -0.15) is 0 Å². The Hall–Kier alpha value is -4.37. The van der Waals surface area contributed by atoms with Crippen LogP contribution in [0.3, 0.4) is 0 Å². The molecule has 2 aromatic heterocycles. The zero-order valence-electron chi connectivity index (χ0n) is 38.6. The van der Waals surface area contributed by atoms with Gasteiger partial charge in [-0.15, -0.1) is 17.9 Å². The Morgan fingerprint density at radius 3 is 2.24 bits per heavy atom. The molecule has 1 N–H and O–H groups in total. The third-order valence-electron chi connectivity index (χ3n) is 13.1. The summed E-state index contributed by atoms with van der Waals surface area (Å²) in [6.07, 6.45) is 1.35. The summed E-state index contributed by atoms with van der Waals surface area (Å²) >= 11 is 1.48. The number of pyridine rings is 1. The lowest BCUT2D eigenvalue weighted by Gasteiger charge is -2.38. The van der Waals surface area contributed by atoms with E-state index in [1.807, 2.05) is 65.1 Å². The van der Waals surface area contributed by atoms with Gasteiger partial charge < -0.3 is 19.1 Å². The van der Waals surface area contributed by atoms with Crippen LogP contribution >= 0.6 is 11.3 Å². The van der Waals surface area contributed by atoms with E-state index >= 15 is 9.59 Å². The fraction of sp³-hybridized carbons (Fsp3) is 0.617. The van der Waals surface area contributed by atoms with Gasteiger partial charge in [0.25, 0.3) is 0 Å². The van der Waals surface area contributed by atoms with E-state index in [0.717, 1.165) is 11.3 Å². The molecule has 2 saturated carbocycles. The van der Waals surface area contributed by atoms with E-state index in [9.17, 15) is 18.0 Å². The van der Waals surface area contributed by atoms with Crippen LogP contribution in [0.15, 0.2) is 36.2 Å². The molecule has 6 rings (SSSR count). The number of carbonyl (C=O) groups is 4. The number of allylic oxidation sites excluding steroid dienone is 1. The fourth-order valence-electron chi connectivity index (χ4n) is 8.62. The second-order valence-electron chi connectivity index (χ2n) is 20.8. The van der Waals surface area contributed by atoms with E-state index in [2.05, 4.69) is 25.1 Å². The molecular weight excluding hydrogens is 829 g/mol. The molecule has 3 aromatic rings. The van der Waals surface area contributed by atoms with Crippen LogP contribution in [0.4, 0.5) is 0 Å². The first kappa shape index (κ1) is 47.1. The lowest BCUT2D eigenvalue weighted by atomic mass is 9.75. The van der Waals surface area contributed by atoms with Crippen LogP contribution in [0.2, 0.25) is 0 Å². The van der Waals surface area contributed by atoms with Crippen LogP contribution in [0.25, 0.3) is 21.6 Å². The molecule has 0 radical (unpaired) electrons. The summed E-state index contributed by atoms with van der Waals surface area (Å²) in [4.78, 5) is 69.2. The molecule has 1 aromatic carbocycles. The quantitative estimate of drug-likeness (QED) is 0.115. The Bertz CT molecular complexity index is 2400. The number of thiazole rings is 1. The van der Waals surface area contributed by atoms with Gasteiger partial charge in [0.2, 0.25) is 21.8 Å². The summed E-state index contributed by atoms with van der Waals surface area (Å²) in [5, 5.41) is 3.41. The average molecular weight is 893 g/mol. The Morgan fingerprint density at radius 1 is 1.05 bits per heavy atom. The molecule has 338 valence electrons. The number of aryl methyl sites for hydroxylation is 1. The highest BCUT2D eigenvalue weighted by Crippen LogP contribution is 2.58. The lowest BCUT2D eigenvalue weighted by molar-refractivity contribution is -0.161. The zero-order chi connectivity index (χ0) is 46.1. The minimum atomic E-state index is -4.00. The first-order valence-corrected chi connectivity index (χ1v) is 23.8. The SMILES string of the molecule is C=C[C@@H]1C[C@]1(CC(=O)[C@H]1N(C(=O)C(CC(=O)OC(C)(C)C)C(C)(C)C)C[C@H](Oc2cc(-c3nc(C(C)C)cs3)nc3c(C)c(OC)ccc23)C1(C)C)C(=O)NS(=O)(=O)C1(C)CC1. The van der Waals surface area contributed by atoms with Gasteiger partial charge in [-0.05, 0) is 83.3 Å². The maximum atomic E-state index is 15.2. The molecule has 1 aliphatic heterocycles. The average Bonchev–Trinajstić information content (AvgIpc) is 3.99. The molecule has 3 fully saturated rings. The summed E-state index contributed by atoms with van der Waals surface area (Å²) in [6.45, 7) is 26.2. The number of sulfonamides is 1. The Kier molecular flexibility index (Phi) is 12.4. The standard InChI is InChI=1S/C47H64N4O9S2/c1-15-28-22-47(28,42(55)50-62(56,57)46(13)18-19-46)23-33(52)39-45(11,12)36(24-51(39)41(54)30(43(5,6)7)20-37(53)60-44(8,9)10)59-35-21-31(40-49-32(25-61-40)26(2)3)48-38-27(4)34(58-14)17-16-29(35)38/h15-17,21,25-26,28,30,36,39H,1,18-20,22-24H2,2-14H3,(H,50,55)/t28-,30?,36+,39-,47-/m1/s1. The van der Waals surface area contributed by atoms with Crippen LogP contribution < -0.4 is 14.2 Å². The van der Waals surface area contributed by atoms with E-state index in [1.54, 1.807) is 40.9 Å². The Morgan fingerprint density at radius 2 is 1.71 bits per heavy atom. The molecule has 13 nitrogen and oxygen atoms in total. The van der Waals surface area contributed by atoms with Gasteiger partial charge in [0.15, 0.2) is 5.78 Å². The van der Waals surface area contributed by atoms with Crippen molar-refractivity contribution in [2.45, 2.75) is 144 Å². The third-order valence-corrected chi connectivity index (χ3v) is 16.1. The van der Waals surface area contributed by atoms with Crippen LogP contribution in [0.5, 0.6) is 11.5 Å². The molecule has 1 saturated heterocycles. The van der Waals surface area contributed by atoms with Crippen molar-refractivity contribution in [3.05, 3.63) is 47.5 Å². The number of hydrogen-bond acceptors (Lipinski definition) is 12. The summed E-state index contributed by atoms with van der Waals surface area (Å²) in [5.41, 5.74) is -0.996. The number of ether oxygens (including phenoxy) is 3. The minimum absolute atomic E-state index is 0.0248. The minimum Gasteiger partial charge on any atom is -0.496 e. The summed E-state index contributed by atoms with van der Waals surface area (Å²) in [5.74, 6) is -2.15. The number of rotatable bonds is 15. The molecular formula is C47H64N4O9S2. The first-order valence-electron chi connectivity index (χ1n) is 21.4. The summed E-state index contributed by atoms with van der Waals surface area (Å²) in [6, 6.07) is 4.44. The van der Waals surface area contributed by atoms with E-state index in [0.29, 0.717) is 45.9 Å². The van der Waals surface area contributed by atoms with Gasteiger partial charge in [0, 0.05) is 34.2 Å². The maximum Gasteiger partial charge on any atom is 0.307 e. The number of hydrogen-bond donors (Lipinski definition) is 1. The number of benzene rings is 1. The number of likely N-dealkylation sites (tertiary alicyclic amines) is 1. The van der Waals surface area contributed by atoms with Crippen molar-refractivity contribution in [2.24, 2.45) is 28.1 Å². The zero-order valence-corrected chi connectivity index (χ0v) is 40.2. The number of ketones is 1. The van der Waals surface area contributed by atoms with Gasteiger partial charge >= 0.3 is 5.97 Å². The van der Waals surface area contributed by atoms with E-state index < -0.39 is 84.2 Å². The number of methoxy groups -OCH3 is 1. The van der Waals surface area contributed by atoms with Gasteiger partial charge in [0.05, 0.1) is 53.4 Å². The molecule has 3 aliphatic rings. The molecule has 2 amide bonds. The highest BCUT2D eigenvalue weighted by Gasteiger charge is 2.64. The van der Waals surface area contributed by atoms with Crippen molar-refractivity contribution < 1.29 is 41.8 Å². The van der Waals surface area contributed by atoms with E-state index in [-0.39, 0.29) is 31.7 Å². The van der Waals surface area contributed by atoms with Crippen molar-refractivity contribution in [3.63, 3.8) is 0 Å². The molecule has 1 unspecified atom stereocenters. The largest absolute Gasteiger partial charge is 0.496 e. The predicted molar refractivity (Wildman–Crippen MR) is 240 cm³/mol. The molecule has 2 aliphatic carbocycles. The van der Waals surface area contributed by atoms with Gasteiger partial charge in [-0.1, -0.05) is 54.5 Å². The number of fused-ring (bicyclic) bond motifs is 1. The van der Waals surface area contributed by atoms with E-state index in [1.165, 1.54) is 16.2 Å². The molecule has 5 atom stereocenters. The van der Waals surface area contributed by atoms with Crippen molar-refractivity contribution in [1.29, 1.82) is 0 Å². The summed E-state index contributed by atoms with van der Waals surface area (Å²) < 4.78 is 46.2. The van der Waals surface area contributed by atoms with Crippen LogP contribution in [0, 0.1) is 35.0 Å². The van der Waals surface area contributed by atoms with E-state index in [4.69, 9.17) is 24.2 Å². The smallest absolute Gasteiger partial charge is 0.307 e. The van der Waals surface area contributed by atoms with Gasteiger partial charge in [0.1, 0.15) is 33.9 Å². The Balaban J connectivity index is 1.43. The number of amides is 2. The number of nitrogens with zero attached hydrogens (tertiary/aromatic N) is 3. The first-order chi connectivity index (χ1) is 28.6. The van der Waals surface area contributed by atoms with Crippen molar-refractivity contribution >= 4 is 55.8 Å².